The molecule has 2 fully saturated rings. The molecule has 2 atom stereocenters. The average Bonchev–Trinajstić information content (AvgIpc) is 3.25. The van der Waals surface area contributed by atoms with Gasteiger partial charge in [-0.05, 0) is 64.1 Å². The van der Waals surface area contributed by atoms with Crippen LogP contribution in [-0.2, 0) is 11.3 Å². The molecule has 2 aliphatic heterocycles. The highest BCUT2D eigenvalue weighted by Gasteiger charge is 2.26. The number of rotatable bonds is 8. The first kappa shape index (κ1) is 23.9. The van der Waals surface area contributed by atoms with E-state index >= 15 is 0 Å². The molecule has 0 aliphatic carbocycles. The van der Waals surface area contributed by atoms with Crippen molar-refractivity contribution in [3.05, 3.63) is 35.7 Å². The highest BCUT2D eigenvalue weighted by Crippen LogP contribution is 2.22. The molecule has 1 N–H and O–H groups in total. The van der Waals surface area contributed by atoms with Crippen LogP contribution in [0.25, 0.3) is 11.4 Å². The molecule has 4 rings (SSSR count). The molecule has 0 radical (unpaired) electrons. The lowest BCUT2D eigenvalue weighted by atomic mass is 9.92. The second-order valence-electron chi connectivity index (χ2n) is 10.3. The van der Waals surface area contributed by atoms with Gasteiger partial charge in [0.05, 0.1) is 6.54 Å². The van der Waals surface area contributed by atoms with Gasteiger partial charge in [0.1, 0.15) is 0 Å². The number of aryl methyl sites for hydroxylation is 1. The molecule has 0 spiro atoms. The molecule has 7 heteroatoms. The Bertz CT molecular complexity index is 878. The van der Waals surface area contributed by atoms with E-state index in [0.29, 0.717) is 18.3 Å². The number of hydrogen-bond acceptors (Lipinski definition) is 6. The number of nitrogens with zero attached hydrogens (tertiary/aromatic N) is 4. The van der Waals surface area contributed by atoms with Crippen molar-refractivity contribution in [1.82, 2.24) is 25.3 Å². The average molecular weight is 454 g/mol. The summed E-state index contributed by atoms with van der Waals surface area (Å²) in [6.07, 6.45) is 4.13. The van der Waals surface area contributed by atoms with E-state index in [0.717, 1.165) is 62.8 Å². The molecule has 2 unspecified atom stereocenters. The number of amides is 1. The van der Waals surface area contributed by atoms with Crippen molar-refractivity contribution in [2.24, 2.45) is 17.8 Å². The van der Waals surface area contributed by atoms with Gasteiger partial charge < -0.3 is 14.7 Å². The van der Waals surface area contributed by atoms with E-state index < -0.39 is 0 Å². The van der Waals surface area contributed by atoms with Crippen molar-refractivity contribution < 1.29 is 9.32 Å². The second-order valence-corrected chi connectivity index (χ2v) is 10.3. The molecule has 7 nitrogen and oxygen atoms in total. The summed E-state index contributed by atoms with van der Waals surface area (Å²) in [5.74, 6) is 3.17. The zero-order valence-corrected chi connectivity index (χ0v) is 20.4. The Morgan fingerprint density at radius 1 is 1.09 bits per heavy atom. The number of carbonyl (C=O) groups is 1. The molecule has 0 saturated carbocycles. The van der Waals surface area contributed by atoms with Crippen LogP contribution in [-0.4, -0.2) is 65.1 Å². The zero-order valence-electron chi connectivity index (χ0n) is 20.4. The van der Waals surface area contributed by atoms with Crippen molar-refractivity contribution in [2.45, 2.75) is 53.0 Å². The van der Waals surface area contributed by atoms with Gasteiger partial charge in [0, 0.05) is 31.1 Å². The monoisotopic (exact) mass is 453 g/mol. The Balaban J connectivity index is 1.14. The Labute approximate surface area is 197 Å². The van der Waals surface area contributed by atoms with Crippen LogP contribution in [0.4, 0.5) is 0 Å². The number of likely N-dealkylation sites (tertiary alicyclic amines) is 2. The SMILES string of the molecule is Cc1ccc(-c2noc(CN3CCC(C(=O)NCCCN4CC(C)CC(C)C4)CC3)n2)cc1. The number of benzene rings is 1. The van der Waals surface area contributed by atoms with Gasteiger partial charge in [0.25, 0.3) is 0 Å². The lowest BCUT2D eigenvalue weighted by Gasteiger charge is -2.35. The zero-order chi connectivity index (χ0) is 23.2. The van der Waals surface area contributed by atoms with Crippen LogP contribution < -0.4 is 5.32 Å². The molecule has 1 amide bonds. The summed E-state index contributed by atoms with van der Waals surface area (Å²) >= 11 is 0. The van der Waals surface area contributed by atoms with E-state index in [-0.39, 0.29) is 11.8 Å². The number of aromatic nitrogens is 2. The standard InChI is InChI=1S/C26H39N5O2/c1-19-5-7-22(8-6-19)25-28-24(33-29-25)18-30-13-9-23(10-14-30)26(32)27-11-4-12-31-16-20(2)15-21(3)17-31/h5-8,20-21,23H,4,9-18H2,1-3H3,(H,27,32). The first-order valence-corrected chi connectivity index (χ1v) is 12.6. The van der Waals surface area contributed by atoms with E-state index in [9.17, 15) is 4.79 Å². The molecule has 3 heterocycles. The van der Waals surface area contributed by atoms with Crippen molar-refractivity contribution in [3.8, 4) is 11.4 Å². The summed E-state index contributed by atoms with van der Waals surface area (Å²) < 4.78 is 5.47. The van der Waals surface area contributed by atoms with Gasteiger partial charge in [-0.15, -0.1) is 0 Å². The lowest BCUT2D eigenvalue weighted by molar-refractivity contribution is -0.126. The second kappa shape index (κ2) is 11.3. The Morgan fingerprint density at radius 2 is 1.79 bits per heavy atom. The predicted molar refractivity (Wildman–Crippen MR) is 129 cm³/mol. The van der Waals surface area contributed by atoms with Gasteiger partial charge in [-0.25, -0.2) is 0 Å². The van der Waals surface area contributed by atoms with Crippen LogP contribution >= 0.6 is 0 Å². The van der Waals surface area contributed by atoms with E-state index in [1.54, 1.807) is 0 Å². The third-order valence-electron chi connectivity index (χ3n) is 6.99. The molecule has 0 bridgehead atoms. The summed E-state index contributed by atoms with van der Waals surface area (Å²) in [7, 11) is 0. The van der Waals surface area contributed by atoms with Gasteiger partial charge in [0.2, 0.25) is 17.6 Å². The maximum Gasteiger partial charge on any atom is 0.241 e. The highest BCUT2D eigenvalue weighted by atomic mass is 16.5. The summed E-state index contributed by atoms with van der Waals surface area (Å²) in [4.78, 5) is 22.0. The van der Waals surface area contributed by atoms with Gasteiger partial charge in [-0.2, -0.15) is 4.98 Å². The molecular formula is C26H39N5O2. The van der Waals surface area contributed by atoms with Crippen molar-refractivity contribution in [1.29, 1.82) is 0 Å². The maximum atomic E-state index is 12.6. The molecule has 180 valence electrons. The normalized spacial score (nSPS) is 23.0. The number of carbonyl (C=O) groups excluding carboxylic acids is 1. The fourth-order valence-electron chi connectivity index (χ4n) is 5.32. The van der Waals surface area contributed by atoms with Gasteiger partial charge in [0.15, 0.2) is 0 Å². The molecule has 2 aromatic rings. The fraction of sp³-hybridized carbons (Fsp3) is 0.654. The quantitative estimate of drug-likeness (QED) is 0.614. The van der Waals surface area contributed by atoms with E-state index in [1.165, 1.54) is 25.1 Å². The van der Waals surface area contributed by atoms with Crippen LogP contribution in [0.2, 0.25) is 0 Å². The van der Waals surface area contributed by atoms with Crippen LogP contribution in [0.1, 0.15) is 51.0 Å². The largest absolute Gasteiger partial charge is 0.356 e. The summed E-state index contributed by atoms with van der Waals surface area (Å²) in [6.45, 7) is 13.4. The number of nitrogens with one attached hydrogen (secondary N) is 1. The van der Waals surface area contributed by atoms with E-state index in [4.69, 9.17) is 4.52 Å². The molecule has 2 aliphatic rings. The van der Waals surface area contributed by atoms with Crippen LogP contribution in [0.5, 0.6) is 0 Å². The third-order valence-corrected chi connectivity index (χ3v) is 6.99. The minimum absolute atomic E-state index is 0.113. The molecule has 2 saturated heterocycles. The maximum absolute atomic E-state index is 12.6. The smallest absolute Gasteiger partial charge is 0.241 e. The number of piperidine rings is 2. The fourth-order valence-corrected chi connectivity index (χ4v) is 5.32. The van der Waals surface area contributed by atoms with E-state index in [1.807, 2.05) is 12.1 Å². The third kappa shape index (κ3) is 6.87. The lowest BCUT2D eigenvalue weighted by Crippen LogP contribution is -2.42. The predicted octanol–water partition coefficient (Wildman–Crippen LogP) is 3.74. The van der Waals surface area contributed by atoms with Crippen molar-refractivity contribution in [3.63, 3.8) is 0 Å². The van der Waals surface area contributed by atoms with E-state index in [2.05, 4.69) is 58.2 Å². The number of hydrogen-bond donors (Lipinski definition) is 1. The van der Waals surface area contributed by atoms with Crippen LogP contribution in [0.15, 0.2) is 28.8 Å². The van der Waals surface area contributed by atoms with Crippen LogP contribution in [0.3, 0.4) is 0 Å². The minimum Gasteiger partial charge on any atom is -0.356 e. The summed E-state index contributed by atoms with van der Waals surface area (Å²) in [5.41, 5.74) is 2.18. The van der Waals surface area contributed by atoms with Gasteiger partial charge in [-0.1, -0.05) is 48.8 Å². The summed E-state index contributed by atoms with van der Waals surface area (Å²) in [6, 6.07) is 8.13. The topological polar surface area (TPSA) is 74.5 Å². The minimum atomic E-state index is 0.113. The first-order valence-electron chi connectivity index (χ1n) is 12.6. The first-order chi connectivity index (χ1) is 16.0. The Morgan fingerprint density at radius 3 is 2.48 bits per heavy atom. The van der Waals surface area contributed by atoms with Gasteiger partial charge in [-0.3, -0.25) is 9.69 Å². The van der Waals surface area contributed by atoms with Crippen LogP contribution in [0, 0.1) is 24.7 Å². The molecule has 33 heavy (non-hydrogen) atoms. The Kier molecular flexibility index (Phi) is 8.15. The van der Waals surface area contributed by atoms with Crippen molar-refractivity contribution in [2.75, 3.05) is 39.3 Å². The molecule has 1 aromatic heterocycles. The molecule has 1 aromatic carbocycles. The summed E-state index contributed by atoms with van der Waals surface area (Å²) in [5, 5.41) is 7.31. The molecular weight excluding hydrogens is 414 g/mol. The van der Waals surface area contributed by atoms with Gasteiger partial charge >= 0.3 is 0 Å². The highest BCUT2D eigenvalue weighted by molar-refractivity contribution is 5.78. The van der Waals surface area contributed by atoms with Crippen molar-refractivity contribution >= 4 is 5.91 Å². The Hall–Kier alpha value is -2.25.